The molecule has 0 aliphatic heterocycles. The summed E-state index contributed by atoms with van der Waals surface area (Å²) in [6.45, 7) is 17.2. The van der Waals surface area contributed by atoms with Gasteiger partial charge in [-0.3, -0.25) is 0 Å². The maximum Gasteiger partial charge on any atom is 0.388 e. The SMILES string of the molecule is Cc1ccc([Si](O[Si](O[Si](O[Si](c2ccc(C)cc2)c2ccc(C)cc2)(c2ccc(C)cc2)c2ccc(C)cc2)(c2ccc(C)cc2)c2ccc(C)cc2)c2ccc(C)cc2)cc1. The smallest absolute Gasteiger partial charge is 0.388 e. The molecule has 8 aromatic carbocycles. The Hall–Kier alpha value is -5.49. The first-order valence-corrected chi connectivity index (χ1v) is 28.2. The molecule has 0 N–H and O–H groups in total. The van der Waals surface area contributed by atoms with E-state index in [0.29, 0.717) is 0 Å². The maximum atomic E-state index is 8.66. The molecule has 0 heterocycles. The van der Waals surface area contributed by atoms with Crippen LogP contribution in [0.4, 0.5) is 0 Å². The van der Waals surface area contributed by atoms with Crippen molar-refractivity contribution in [3.63, 3.8) is 0 Å². The summed E-state index contributed by atoms with van der Waals surface area (Å²) in [5.41, 5.74) is 9.54. The summed E-state index contributed by atoms with van der Waals surface area (Å²) in [5, 5.41) is 8.81. The molecule has 63 heavy (non-hydrogen) atoms. The van der Waals surface area contributed by atoms with Gasteiger partial charge < -0.3 is 12.3 Å². The Kier molecular flexibility index (Phi) is 13.4. The fourth-order valence-electron chi connectivity index (χ4n) is 7.82. The van der Waals surface area contributed by atoms with Crippen LogP contribution < -0.4 is 41.5 Å². The normalized spacial score (nSPS) is 12.0. The van der Waals surface area contributed by atoms with Gasteiger partial charge in [0.15, 0.2) is 0 Å². The van der Waals surface area contributed by atoms with Gasteiger partial charge in [-0.2, -0.15) is 0 Å². The van der Waals surface area contributed by atoms with Crippen molar-refractivity contribution < 1.29 is 12.3 Å². The summed E-state index contributed by atoms with van der Waals surface area (Å²) in [6, 6.07) is 71.3. The average Bonchev–Trinajstić information content (AvgIpc) is 3.29. The lowest BCUT2D eigenvalue weighted by atomic mass is 10.2. The van der Waals surface area contributed by atoms with Crippen LogP contribution in [-0.4, -0.2) is 35.2 Å². The lowest BCUT2D eigenvalue weighted by molar-refractivity contribution is 0.369. The number of aryl methyl sites for hydroxylation is 8. The zero-order valence-electron chi connectivity index (χ0n) is 37.7. The van der Waals surface area contributed by atoms with E-state index in [1.807, 2.05) is 0 Å². The second kappa shape index (κ2) is 19.1. The van der Waals surface area contributed by atoms with E-state index in [0.717, 1.165) is 41.5 Å². The molecule has 7 heteroatoms. The van der Waals surface area contributed by atoms with Gasteiger partial charge in [0.1, 0.15) is 0 Å². The molecule has 8 aromatic rings. The van der Waals surface area contributed by atoms with Crippen molar-refractivity contribution in [2.45, 2.75) is 55.4 Å². The summed E-state index contributed by atoms with van der Waals surface area (Å²) in [7, 11) is -11.7. The second-order valence-electron chi connectivity index (χ2n) is 17.1. The second-order valence-corrected chi connectivity index (χ2v) is 28.0. The third-order valence-electron chi connectivity index (χ3n) is 11.8. The van der Waals surface area contributed by atoms with Gasteiger partial charge in [0.05, 0.1) is 0 Å². The quantitative estimate of drug-likeness (QED) is 0.105. The lowest BCUT2D eigenvalue weighted by Gasteiger charge is -2.44. The van der Waals surface area contributed by atoms with E-state index in [2.05, 4.69) is 250 Å². The van der Waals surface area contributed by atoms with E-state index < -0.39 is 35.2 Å². The van der Waals surface area contributed by atoms with E-state index >= 15 is 0 Å². The molecule has 0 bridgehead atoms. The van der Waals surface area contributed by atoms with E-state index in [1.165, 1.54) is 44.5 Å². The van der Waals surface area contributed by atoms with Crippen LogP contribution in [0.5, 0.6) is 0 Å². The minimum atomic E-state index is -3.87. The van der Waals surface area contributed by atoms with Crippen LogP contribution in [0.25, 0.3) is 0 Å². The fourth-order valence-corrected chi connectivity index (χ4v) is 24.1. The Bertz CT molecular complexity index is 2360. The first-order chi connectivity index (χ1) is 30.4. The Morgan fingerprint density at radius 1 is 0.238 bits per heavy atom. The third kappa shape index (κ3) is 9.86. The highest BCUT2D eigenvalue weighted by Crippen LogP contribution is 2.24. The van der Waals surface area contributed by atoms with Crippen molar-refractivity contribution in [2.75, 3.05) is 0 Å². The fraction of sp³-hybridized carbons (Fsp3) is 0.143. The van der Waals surface area contributed by atoms with E-state index in [1.54, 1.807) is 0 Å². The Morgan fingerprint density at radius 3 is 0.571 bits per heavy atom. The minimum Gasteiger partial charge on any atom is -0.422 e. The molecule has 0 aliphatic rings. The number of hydrogen-bond donors (Lipinski definition) is 0. The summed E-state index contributed by atoms with van der Waals surface area (Å²) in [5.74, 6) is 0. The van der Waals surface area contributed by atoms with Crippen LogP contribution in [0.3, 0.4) is 0 Å². The van der Waals surface area contributed by atoms with E-state index in [-0.39, 0.29) is 0 Å². The highest BCUT2D eigenvalue weighted by molar-refractivity contribution is 7.09. The van der Waals surface area contributed by atoms with Crippen molar-refractivity contribution >= 4 is 76.7 Å². The summed E-state index contributed by atoms with van der Waals surface area (Å²) < 4.78 is 25.2. The molecule has 0 amide bonds. The van der Waals surface area contributed by atoms with E-state index in [4.69, 9.17) is 12.3 Å². The molecule has 0 spiro atoms. The molecular weight excluding hydrogens is 833 g/mol. The standard InChI is InChI=1S/C56H56O3Si4/c1-41-9-25-49(26-10-41)60(50-27-11-42(2)12-28-50)57-62(53-33-17-45(5)18-34-53,54-35-19-46(6)20-36-54)59-63(55-37-21-47(7)22-38-55,56-39-23-48(8)24-40-56)58-61(51-29-13-43(3)14-30-51)52-31-15-44(4)16-32-52/h9-40H,1-8H3. The predicted octanol–water partition coefficient (Wildman–Crippen LogP) is 7.63. The van der Waals surface area contributed by atoms with Crippen LogP contribution >= 0.6 is 0 Å². The zero-order chi connectivity index (χ0) is 44.1. The Labute approximate surface area is 381 Å². The molecule has 314 valence electrons. The first-order valence-electron chi connectivity index (χ1n) is 21.8. The van der Waals surface area contributed by atoms with Crippen molar-refractivity contribution in [1.82, 2.24) is 0 Å². The molecule has 2 radical (unpaired) electrons. The molecule has 0 saturated carbocycles. The maximum absolute atomic E-state index is 8.66. The molecule has 0 aliphatic carbocycles. The average molecular weight is 889 g/mol. The Morgan fingerprint density at radius 2 is 0.397 bits per heavy atom. The van der Waals surface area contributed by atoms with Crippen LogP contribution in [0, 0.1) is 55.4 Å². The predicted molar refractivity (Wildman–Crippen MR) is 273 cm³/mol. The van der Waals surface area contributed by atoms with Gasteiger partial charge in [0.2, 0.25) is 0 Å². The van der Waals surface area contributed by atoms with Crippen LogP contribution in [0.2, 0.25) is 0 Å². The van der Waals surface area contributed by atoms with E-state index in [9.17, 15) is 0 Å². The van der Waals surface area contributed by atoms with Crippen molar-refractivity contribution in [2.24, 2.45) is 0 Å². The van der Waals surface area contributed by atoms with Gasteiger partial charge in [-0.15, -0.1) is 0 Å². The minimum absolute atomic E-state index is 1.04. The monoisotopic (exact) mass is 888 g/mol. The summed E-state index contributed by atoms with van der Waals surface area (Å²) in [6.07, 6.45) is 0. The van der Waals surface area contributed by atoms with Crippen molar-refractivity contribution in [3.8, 4) is 0 Å². The summed E-state index contributed by atoms with van der Waals surface area (Å²) in [4.78, 5) is 0. The molecule has 3 nitrogen and oxygen atoms in total. The van der Waals surface area contributed by atoms with Gasteiger partial charge in [-0.1, -0.05) is 239 Å². The lowest BCUT2D eigenvalue weighted by Crippen LogP contribution is -2.78. The first kappa shape index (κ1) is 44.1. The van der Waals surface area contributed by atoms with Crippen LogP contribution in [-0.2, 0) is 12.3 Å². The largest absolute Gasteiger partial charge is 0.422 e. The topological polar surface area (TPSA) is 27.7 Å². The number of hydrogen-bond acceptors (Lipinski definition) is 3. The highest BCUT2D eigenvalue weighted by atomic mass is 28.5. The molecule has 0 atom stereocenters. The molecule has 0 fully saturated rings. The van der Waals surface area contributed by atoms with Crippen molar-refractivity contribution in [3.05, 3.63) is 239 Å². The molecule has 8 rings (SSSR count). The molecule has 0 aromatic heterocycles. The molecular formula is C56H56O3Si4. The van der Waals surface area contributed by atoms with Crippen LogP contribution in [0.1, 0.15) is 44.5 Å². The number of rotatable bonds is 14. The zero-order valence-corrected chi connectivity index (χ0v) is 41.7. The third-order valence-corrected chi connectivity index (χ3v) is 25.8. The van der Waals surface area contributed by atoms with Crippen LogP contribution in [0.15, 0.2) is 194 Å². The Balaban J connectivity index is 1.48. The molecule has 0 saturated heterocycles. The highest BCUT2D eigenvalue weighted by Gasteiger charge is 2.57. The summed E-state index contributed by atoms with van der Waals surface area (Å²) >= 11 is 0. The van der Waals surface area contributed by atoms with Gasteiger partial charge in [-0.25, -0.2) is 0 Å². The van der Waals surface area contributed by atoms with Crippen molar-refractivity contribution in [1.29, 1.82) is 0 Å². The van der Waals surface area contributed by atoms with Gasteiger partial charge in [0.25, 0.3) is 18.1 Å². The van der Waals surface area contributed by atoms with Gasteiger partial charge >= 0.3 is 17.1 Å². The number of benzene rings is 8. The molecule has 0 unspecified atom stereocenters. The van der Waals surface area contributed by atoms with Gasteiger partial charge in [0, 0.05) is 0 Å². The van der Waals surface area contributed by atoms with Gasteiger partial charge in [-0.05, 0) is 96.9 Å².